The number of carbonyl (C=O) groups excluding carboxylic acids is 2. The second kappa shape index (κ2) is 9.53. The van der Waals surface area contributed by atoms with Crippen molar-refractivity contribution in [1.29, 1.82) is 0 Å². The van der Waals surface area contributed by atoms with Gasteiger partial charge in [0.25, 0.3) is 5.91 Å². The van der Waals surface area contributed by atoms with Gasteiger partial charge in [-0.05, 0) is 42.0 Å². The number of benzene rings is 3. The van der Waals surface area contributed by atoms with Crippen molar-refractivity contribution in [2.45, 2.75) is 13.0 Å². The van der Waals surface area contributed by atoms with Gasteiger partial charge in [-0.1, -0.05) is 48.0 Å². The molecule has 3 aromatic rings. The summed E-state index contributed by atoms with van der Waals surface area (Å²) >= 11 is 6.27. The first-order valence-corrected chi connectivity index (χ1v) is 10.3. The highest BCUT2D eigenvalue weighted by Crippen LogP contribution is 2.36. The molecule has 3 aromatic carbocycles. The minimum Gasteiger partial charge on any atom is -0.493 e. The quantitative estimate of drug-likeness (QED) is 0.584. The highest BCUT2D eigenvalue weighted by atomic mass is 35.5. The monoisotopic (exact) mass is 436 g/mol. The van der Waals surface area contributed by atoms with E-state index in [1.54, 1.807) is 29.2 Å². The Hall–Kier alpha value is -3.51. The average molecular weight is 437 g/mol. The molecule has 0 saturated heterocycles. The molecular formula is C24H21ClN2O4. The van der Waals surface area contributed by atoms with Gasteiger partial charge in [0.2, 0.25) is 5.91 Å². The molecule has 1 N–H and O–H groups in total. The number of fused-ring (bicyclic) bond motifs is 1. The summed E-state index contributed by atoms with van der Waals surface area (Å²) < 4.78 is 11.1. The Kier molecular flexibility index (Phi) is 6.38. The predicted octanol–water partition coefficient (Wildman–Crippen LogP) is 4.67. The standard InChI is InChI=1S/C24H21ClN2O4/c25-20-9-5-4-6-17(20)15-27-21-14-18(10-11-22(21)31-16-24(27)29)26-23(28)12-13-30-19-7-2-1-3-8-19/h1-11,14H,12-13,15-16H2,(H,26,28). The summed E-state index contributed by atoms with van der Waals surface area (Å²) in [6, 6.07) is 21.9. The van der Waals surface area contributed by atoms with E-state index >= 15 is 0 Å². The highest BCUT2D eigenvalue weighted by molar-refractivity contribution is 6.31. The molecule has 0 fully saturated rings. The van der Waals surface area contributed by atoms with E-state index in [1.807, 2.05) is 48.5 Å². The van der Waals surface area contributed by atoms with Crippen LogP contribution in [-0.4, -0.2) is 25.0 Å². The number of anilines is 2. The molecule has 1 aliphatic heterocycles. The second-order valence-corrected chi connectivity index (χ2v) is 7.41. The van der Waals surface area contributed by atoms with Gasteiger partial charge in [0.05, 0.1) is 25.3 Å². The molecule has 4 rings (SSSR count). The molecule has 0 aromatic heterocycles. The van der Waals surface area contributed by atoms with Crippen molar-refractivity contribution in [3.8, 4) is 11.5 Å². The van der Waals surface area contributed by atoms with Crippen LogP contribution in [-0.2, 0) is 16.1 Å². The third kappa shape index (κ3) is 5.16. The molecule has 1 aliphatic rings. The minimum absolute atomic E-state index is 0.0417. The Morgan fingerprint density at radius 3 is 2.65 bits per heavy atom. The van der Waals surface area contributed by atoms with Crippen LogP contribution in [0, 0.1) is 0 Å². The van der Waals surface area contributed by atoms with E-state index < -0.39 is 0 Å². The van der Waals surface area contributed by atoms with Crippen molar-refractivity contribution >= 4 is 34.8 Å². The number of carbonyl (C=O) groups is 2. The first kappa shape index (κ1) is 20.8. The van der Waals surface area contributed by atoms with Crippen molar-refractivity contribution in [2.75, 3.05) is 23.4 Å². The highest BCUT2D eigenvalue weighted by Gasteiger charge is 2.26. The first-order chi connectivity index (χ1) is 15.1. The van der Waals surface area contributed by atoms with E-state index in [4.69, 9.17) is 21.1 Å². The van der Waals surface area contributed by atoms with Crippen LogP contribution in [0.5, 0.6) is 11.5 Å². The zero-order valence-electron chi connectivity index (χ0n) is 16.7. The molecule has 158 valence electrons. The number of hydrogen-bond acceptors (Lipinski definition) is 4. The summed E-state index contributed by atoms with van der Waals surface area (Å²) in [5.41, 5.74) is 2.00. The lowest BCUT2D eigenvalue weighted by molar-refractivity contribution is -0.121. The van der Waals surface area contributed by atoms with E-state index in [9.17, 15) is 9.59 Å². The number of nitrogens with zero attached hydrogens (tertiary/aromatic N) is 1. The lowest BCUT2D eigenvalue weighted by atomic mass is 10.1. The fraction of sp³-hybridized carbons (Fsp3) is 0.167. The fourth-order valence-electron chi connectivity index (χ4n) is 3.25. The maximum atomic E-state index is 12.5. The van der Waals surface area contributed by atoms with E-state index in [1.165, 1.54) is 0 Å². The van der Waals surface area contributed by atoms with Gasteiger partial charge in [0.15, 0.2) is 6.61 Å². The molecule has 0 aliphatic carbocycles. The smallest absolute Gasteiger partial charge is 0.265 e. The summed E-state index contributed by atoms with van der Waals surface area (Å²) in [5.74, 6) is 0.941. The topological polar surface area (TPSA) is 67.9 Å². The third-order valence-electron chi connectivity index (χ3n) is 4.81. The molecule has 2 amide bonds. The molecule has 1 heterocycles. The number of nitrogens with one attached hydrogen (secondary N) is 1. The van der Waals surface area contributed by atoms with Crippen molar-refractivity contribution < 1.29 is 19.1 Å². The van der Waals surface area contributed by atoms with E-state index in [2.05, 4.69) is 5.32 Å². The molecule has 31 heavy (non-hydrogen) atoms. The maximum absolute atomic E-state index is 12.5. The van der Waals surface area contributed by atoms with Crippen LogP contribution in [0.4, 0.5) is 11.4 Å². The molecule has 0 spiro atoms. The van der Waals surface area contributed by atoms with Crippen LogP contribution in [0.15, 0.2) is 72.8 Å². The Morgan fingerprint density at radius 2 is 1.84 bits per heavy atom. The zero-order valence-corrected chi connectivity index (χ0v) is 17.5. The SMILES string of the molecule is O=C(CCOc1ccccc1)Nc1ccc2c(c1)N(Cc1ccccc1Cl)C(=O)CO2. The van der Waals surface area contributed by atoms with Crippen LogP contribution in [0.25, 0.3) is 0 Å². The van der Waals surface area contributed by atoms with Gasteiger partial charge >= 0.3 is 0 Å². The predicted molar refractivity (Wildman–Crippen MR) is 120 cm³/mol. The van der Waals surface area contributed by atoms with Crippen LogP contribution >= 0.6 is 11.6 Å². The number of para-hydroxylation sites is 1. The molecular weight excluding hydrogens is 416 g/mol. The summed E-state index contributed by atoms with van der Waals surface area (Å²) in [4.78, 5) is 26.5. The van der Waals surface area contributed by atoms with Gasteiger partial charge in [-0.2, -0.15) is 0 Å². The first-order valence-electron chi connectivity index (χ1n) is 9.88. The van der Waals surface area contributed by atoms with Crippen LogP contribution in [0.3, 0.4) is 0 Å². The number of rotatable bonds is 7. The largest absolute Gasteiger partial charge is 0.493 e. The molecule has 0 bridgehead atoms. The van der Waals surface area contributed by atoms with E-state index in [0.29, 0.717) is 28.7 Å². The average Bonchev–Trinajstić information content (AvgIpc) is 2.78. The molecule has 0 atom stereocenters. The van der Waals surface area contributed by atoms with Crippen molar-refractivity contribution in [1.82, 2.24) is 0 Å². The third-order valence-corrected chi connectivity index (χ3v) is 5.18. The Balaban J connectivity index is 1.43. The van der Waals surface area contributed by atoms with Crippen LogP contribution in [0.2, 0.25) is 5.02 Å². The minimum atomic E-state index is -0.184. The molecule has 6 nitrogen and oxygen atoms in total. The van der Waals surface area contributed by atoms with Gasteiger partial charge in [0.1, 0.15) is 11.5 Å². The van der Waals surface area contributed by atoms with Crippen molar-refractivity contribution in [2.24, 2.45) is 0 Å². The summed E-state index contributed by atoms with van der Waals surface area (Å²) in [7, 11) is 0. The lowest BCUT2D eigenvalue weighted by Gasteiger charge is -2.30. The molecule has 0 saturated carbocycles. The Morgan fingerprint density at radius 1 is 1.06 bits per heavy atom. The number of ether oxygens (including phenoxy) is 2. The zero-order chi connectivity index (χ0) is 21.6. The number of amides is 2. The van der Waals surface area contributed by atoms with Gasteiger partial charge in [-0.25, -0.2) is 0 Å². The van der Waals surface area contributed by atoms with Gasteiger partial charge in [-0.3, -0.25) is 9.59 Å². The summed E-state index contributed by atoms with van der Waals surface area (Å²) in [6.45, 7) is 0.540. The second-order valence-electron chi connectivity index (χ2n) is 7.00. The normalized spacial score (nSPS) is 12.7. The van der Waals surface area contributed by atoms with Gasteiger partial charge in [-0.15, -0.1) is 0 Å². The van der Waals surface area contributed by atoms with E-state index in [0.717, 1.165) is 11.3 Å². The lowest BCUT2D eigenvalue weighted by Crippen LogP contribution is -2.38. The van der Waals surface area contributed by atoms with Gasteiger partial charge in [0, 0.05) is 10.7 Å². The van der Waals surface area contributed by atoms with Crippen LogP contribution < -0.4 is 19.7 Å². The summed E-state index contributed by atoms with van der Waals surface area (Å²) in [6.07, 6.45) is 0.199. The van der Waals surface area contributed by atoms with Crippen LogP contribution in [0.1, 0.15) is 12.0 Å². The Bertz CT molecular complexity index is 1090. The molecule has 0 unspecified atom stereocenters. The van der Waals surface area contributed by atoms with Crippen molar-refractivity contribution in [3.05, 3.63) is 83.4 Å². The maximum Gasteiger partial charge on any atom is 0.265 e. The van der Waals surface area contributed by atoms with Gasteiger partial charge < -0.3 is 19.7 Å². The molecule has 0 radical (unpaired) electrons. The summed E-state index contributed by atoms with van der Waals surface area (Å²) in [5, 5.41) is 3.44. The molecule has 7 heteroatoms. The van der Waals surface area contributed by atoms with Crippen molar-refractivity contribution in [3.63, 3.8) is 0 Å². The number of halogens is 1. The fourth-order valence-corrected chi connectivity index (χ4v) is 3.45. The Labute approximate surface area is 185 Å². The number of hydrogen-bond donors (Lipinski definition) is 1. The van der Waals surface area contributed by atoms with E-state index in [-0.39, 0.29) is 31.4 Å².